The minimum atomic E-state index is 0.521. The molecule has 2 aromatic carbocycles. The number of halogens is 1. The molecule has 3 rings (SSSR count). The zero-order valence-corrected chi connectivity index (χ0v) is 12.5. The van der Waals surface area contributed by atoms with E-state index in [1.165, 1.54) is 0 Å². The van der Waals surface area contributed by atoms with Gasteiger partial charge in [0.25, 0.3) is 0 Å². The van der Waals surface area contributed by atoms with Crippen LogP contribution in [0.2, 0.25) is 5.02 Å². The van der Waals surface area contributed by atoms with E-state index in [1.807, 2.05) is 31.2 Å². The first-order valence-corrected chi connectivity index (χ1v) is 6.84. The Morgan fingerprint density at radius 3 is 2.57 bits per heavy atom. The topological polar surface area (TPSA) is 61.0 Å². The zero-order chi connectivity index (χ0) is 15.0. The number of aryl methyl sites for hydroxylation is 1. The van der Waals surface area contributed by atoms with Gasteiger partial charge in [0.05, 0.1) is 23.5 Å². The number of hydrogen-bond acceptors (Lipinski definition) is 4. The van der Waals surface area contributed by atoms with E-state index in [-0.39, 0.29) is 0 Å². The summed E-state index contributed by atoms with van der Waals surface area (Å²) in [6.45, 7) is 1.93. The molecule has 0 radical (unpaired) electrons. The first kappa shape index (κ1) is 13.6. The molecule has 0 aliphatic carbocycles. The highest BCUT2D eigenvalue weighted by Gasteiger charge is 2.11. The van der Waals surface area contributed by atoms with Gasteiger partial charge in [0.1, 0.15) is 11.4 Å². The summed E-state index contributed by atoms with van der Waals surface area (Å²) in [5.41, 5.74) is 8.92. The smallest absolute Gasteiger partial charge is 0.119 e. The van der Waals surface area contributed by atoms with Gasteiger partial charge in [-0.25, -0.2) is 0 Å². The van der Waals surface area contributed by atoms with Gasteiger partial charge in [-0.3, -0.25) is 0 Å². The van der Waals surface area contributed by atoms with Crippen LogP contribution in [-0.4, -0.2) is 17.3 Å². The van der Waals surface area contributed by atoms with Crippen molar-refractivity contribution in [3.8, 4) is 17.0 Å². The van der Waals surface area contributed by atoms with Gasteiger partial charge in [0.15, 0.2) is 0 Å². The molecular weight excluding hydrogens is 286 g/mol. The summed E-state index contributed by atoms with van der Waals surface area (Å²) in [6, 6.07) is 11.3. The molecule has 0 bridgehead atoms. The van der Waals surface area contributed by atoms with Crippen molar-refractivity contribution in [2.75, 3.05) is 12.8 Å². The summed E-state index contributed by atoms with van der Waals surface area (Å²) >= 11 is 5.98. The first-order chi connectivity index (χ1) is 10.1. The van der Waals surface area contributed by atoms with Crippen molar-refractivity contribution < 1.29 is 4.74 Å². The summed E-state index contributed by atoms with van der Waals surface area (Å²) in [5, 5.41) is 11.1. The second-order valence-electron chi connectivity index (χ2n) is 4.78. The van der Waals surface area contributed by atoms with E-state index in [9.17, 15) is 0 Å². The van der Waals surface area contributed by atoms with Crippen LogP contribution in [0.25, 0.3) is 22.0 Å². The van der Waals surface area contributed by atoms with E-state index in [4.69, 9.17) is 22.1 Å². The van der Waals surface area contributed by atoms with Crippen LogP contribution in [0.1, 0.15) is 5.69 Å². The van der Waals surface area contributed by atoms with Crippen LogP contribution in [-0.2, 0) is 0 Å². The number of nitrogens with zero attached hydrogens (tertiary/aromatic N) is 2. The van der Waals surface area contributed by atoms with E-state index in [0.29, 0.717) is 10.7 Å². The van der Waals surface area contributed by atoms with Crippen molar-refractivity contribution in [2.45, 2.75) is 6.92 Å². The number of aromatic nitrogens is 2. The molecule has 21 heavy (non-hydrogen) atoms. The number of rotatable bonds is 2. The molecule has 0 atom stereocenters. The van der Waals surface area contributed by atoms with Gasteiger partial charge in [0.2, 0.25) is 0 Å². The summed E-state index contributed by atoms with van der Waals surface area (Å²) in [6.07, 6.45) is 0. The van der Waals surface area contributed by atoms with Crippen molar-refractivity contribution in [1.82, 2.24) is 10.2 Å². The number of anilines is 1. The third kappa shape index (κ3) is 2.38. The lowest BCUT2D eigenvalue weighted by Gasteiger charge is -2.10. The minimum Gasteiger partial charge on any atom is -0.497 e. The van der Waals surface area contributed by atoms with Crippen LogP contribution in [0.15, 0.2) is 36.4 Å². The number of benzene rings is 2. The van der Waals surface area contributed by atoms with Crippen molar-refractivity contribution >= 4 is 28.1 Å². The van der Waals surface area contributed by atoms with Crippen molar-refractivity contribution in [3.05, 3.63) is 47.1 Å². The van der Waals surface area contributed by atoms with E-state index in [2.05, 4.69) is 10.2 Å². The minimum absolute atomic E-state index is 0.521. The van der Waals surface area contributed by atoms with Crippen LogP contribution in [0, 0.1) is 6.92 Å². The fourth-order valence-electron chi connectivity index (χ4n) is 2.30. The maximum absolute atomic E-state index is 5.98. The fourth-order valence-corrected chi connectivity index (χ4v) is 2.42. The lowest BCUT2D eigenvalue weighted by molar-refractivity contribution is 0.415. The van der Waals surface area contributed by atoms with Gasteiger partial charge in [-0.1, -0.05) is 17.7 Å². The third-order valence-corrected chi connectivity index (χ3v) is 3.79. The molecule has 0 aliphatic rings. The second-order valence-corrected chi connectivity index (χ2v) is 5.19. The van der Waals surface area contributed by atoms with E-state index >= 15 is 0 Å². The number of fused-ring (bicyclic) bond motifs is 1. The van der Waals surface area contributed by atoms with Crippen LogP contribution >= 0.6 is 11.6 Å². The highest BCUT2D eigenvalue weighted by Crippen LogP contribution is 2.32. The molecule has 0 saturated heterocycles. The molecule has 5 heteroatoms. The van der Waals surface area contributed by atoms with Crippen molar-refractivity contribution in [2.24, 2.45) is 0 Å². The number of nitrogens with two attached hydrogens (primary N) is 1. The largest absolute Gasteiger partial charge is 0.497 e. The zero-order valence-electron chi connectivity index (χ0n) is 11.7. The normalized spacial score (nSPS) is 10.8. The molecule has 0 amide bonds. The van der Waals surface area contributed by atoms with E-state index in [1.54, 1.807) is 19.2 Å². The predicted molar refractivity (Wildman–Crippen MR) is 85.7 cm³/mol. The van der Waals surface area contributed by atoms with Crippen LogP contribution in [0.4, 0.5) is 5.69 Å². The first-order valence-electron chi connectivity index (χ1n) is 6.46. The van der Waals surface area contributed by atoms with Crippen molar-refractivity contribution in [3.63, 3.8) is 0 Å². The van der Waals surface area contributed by atoms with Crippen LogP contribution in [0.3, 0.4) is 0 Å². The Kier molecular flexibility index (Phi) is 3.39. The summed E-state index contributed by atoms with van der Waals surface area (Å²) in [4.78, 5) is 0. The Morgan fingerprint density at radius 1 is 1.05 bits per heavy atom. The lowest BCUT2D eigenvalue weighted by Crippen LogP contribution is -1.96. The van der Waals surface area contributed by atoms with Crippen LogP contribution in [0.5, 0.6) is 5.75 Å². The van der Waals surface area contributed by atoms with Gasteiger partial charge in [-0.2, -0.15) is 5.10 Å². The maximum Gasteiger partial charge on any atom is 0.119 e. The quantitative estimate of drug-likeness (QED) is 0.730. The molecule has 1 aromatic heterocycles. The standard InChI is InChI=1S/C16H14ClN3O/c1-9-12-5-4-11(21-2)8-13(12)16(20-19-9)10-3-6-14(17)15(18)7-10/h3-8H,18H2,1-2H3. The number of hydrogen-bond donors (Lipinski definition) is 1. The molecule has 2 N–H and O–H groups in total. The lowest BCUT2D eigenvalue weighted by atomic mass is 10.0. The monoisotopic (exact) mass is 299 g/mol. The Hall–Kier alpha value is -2.33. The SMILES string of the molecule is COc1ccc2c(C)nnc(-c3ccc(Cl)c(N)c3)c2c1. The molecule has 4 nitrogen and oxygen atoms in total. The third-order valence-electron chi connectivity index (χ3n) is 3.44. The Morgan fingerprint density at radius 2 is 1.86 bits per heavy atom. The average molecular weight is 300 g/mol. The maximum atomic E-state index is 5.98. The second kappa shape index (κ2) is 5.22. The van der Waals surface area contributed by atoms with Gasteiger partial charge in [-0.15, -0.1) is 5.10 Å². The van der Waals surface area contributed by atoms with E-state index < -0.39 is 0 Å². The van der Waals surface area contributed by atoms with Gasteiger partial charge < -0.3 is 10.5 Å². The summed E-state index contributed by atoms with van der Waals surface area (Å²) < 4.78 is 5.30. The van der Waals surface area contributed by atoms with Gasteiger partial charge >= 0.3 is 0 Å². The molecule has 3 aromatic rings. The van der Waals surface area contributed by atoms with Gasteiger partial charge in [0, 0.05) is 16.3 Å². The predicted octanol–water partition coefficient (Wildman–Crippen LogP) is 3.85. The molecule has 106 valence electrons. The average Bonchev–Trinajstić information content (AvgIpc) is 2.50. The van der Waals surface area contributed by atoms with Crippen LogP contribution < -0.4 is 10.5 Å². The number of ether oxygens (including phenoxy) is 1. The Labute approximate surface area is 127 Å². The Bertz CT molecular complexity index is 833. The Balaban J connectivity index is 2.30. The van der Waals surface area contributed by atoms with Gasteiger partial charge in [-0.05, 0) is 37.3 Å². The molecule has 0 fully saturated rings. The number of nitrogen functional groups attached to an aromatic ring is 1. The highest BCUT2D eigenvalue weighted by atomic mass is 35.5. The molecule has 0 unspecified atom stereocenters. The van der Waals surface area contributed by atoms with E-state index in [0.717, 1.165) is 33.5 Å². The fraction of sp³-hybridized carbons (Fsp3) is 0.125. The molecule has 0 saturated carbocycles. The molecule has 0 spiro atoms. The summed E-state index contributed by atoms with van der Waals surface area (Å²) in [5.74, 6) is 0.776. The van der Waals surface area contributed by atoms with Crippen molar-refractivity contribution in [1.29, 1.82) is 0 Å². The number of methoxy groups -OCH3 is 1. The highest BCUT2D eigenvalue weighted by molar-refractivity contribution is 6.33. The molecule has 0 aliphatic heterocycles. The summed E-state index contributed by atoms with van der Waals surface area (Å²) in [7, 11) is 1.64. The molecule has 1 heterocycles. The molecular formula is C16H14ClN3O.